The van der Waals surface area contributed by atoms with E-state index in [9.17, 15) is 24.9 Å². The van der Waals surface area contributed by atoms with Crippen LogP contribution in [0.25, 0.3) is 0 Å². The Bertz CT molecular complexity index is 636. The van der Waals surface area contributed by atoms with Crippen LogP contribution in [0.15, 0.2) is 23.8 Å². The number of allylic oxidation sites excluding steroid dienone is 4. The molecule has 0 heterocycles. The van der Waals surface area contributed by atoms with Gasteiger partial charge in [-0.05, 0) is 49.7 Å². The van der Waals surface area contributed by atoms with Crippen LogP contribution in [0.4, 0.5) is 0 Å². The lowest BCUT2D eigenvalue weighted by atomic mass is 9.57. The molecule has 5 unspecified atom stereocenters. The molecule has 0 radical (unpaired) electrons. The molecule has 0 amide bonds. The van der Waals surface area contributed by atoms with Crippen molar-refractivity contribution in [2.45, 2.75) is 57.7 Å². The number of carbonyl (C=O) groups is 2. The largest absolute Gasteiger partial charge is 0.393 e. The molecule has 6 atom stereocenters. The van der Waals surface area contributed by atoms with Crippen LogP contribution in [-0.2, 0) is 9.59 Å². The van der Waals surface area contributed by atoms with Crippen LogP contribution >= 0.6 is 0 Å². The summed E-state index contributed by atoms with van der Waals surface area (Å²) in [5, 5.41) is 31.2. The summed E-state index contributed by atoms with van der Waals surface area (Å²) in [5.74, 6) is -1.11. The first-order chi connectivity index (χ1) is 11.8. The normalized spacial score (nSPS) is 43.7. The number of fused-ring (bicyclic) bond motifs is 1. The molecule has 3 aliphatic rings. The van der Waals surface area contributed by atoms with Crippen LogP contribution in [0.5, 0.6) is 0 Å². The average molecular weight is 348 g/mol. The molecule has 2 saturated carbocycles. The molecule has 0 aromatic carbocycles. The van der Waals surface area contributed by atoms with E-state index >= 15 is 0 Å². The predicted octanol–water partition coefficient (Wildman–Crippen LogP) is 1.56. The highest BCUT2D eigenvalue weighted by molar-refractivity contribution is 6.01. The zero-order chi connectivity index (χ0) is 18.4. The summed E-state index contributed by atoms with van der Waals surface area (Å²) in [6, 6.07) is 0. The fourth-order valence-corrected chi connectivity index (χ4v) is 5.50. The Labute approximate surface area is 148 Å². The van der Waals surface area contributed by atoms with E-state index in [0.717, 1.165) is 18.4 Å². The highest BCUT2D eigenvalue weighted by Gasteiger charge is 2.58. The Kier molecular flexibility index (Phi) is 4.77. The zero-order valence-corrected chi connectivity index (χ0v) is 14.9. The first-order valence-corrected chi connectivity index (χ1v) is 9.24. The summed E-state index contributed by atoms with van der Waals surface area (Å²) < 4.78 is 0. The second kappa shape index (κ2) is 6.45. The van der Waals surface area contributed by atoms with E-state index in [1.165, 1.54) is 0 Å². The van der Waals surface area contributed by atoms with Gasteiger partial charge in [-0.15, -0.1) is 0 Å². The first kappa shape index (κ1) is 18.5. The molecule has 138 valence electrons. The molecule has 0 aromatic heterocycles. The summed E-state index contributed by atoms with van der Waals surface area (Å²) in [6.07, 6.45) is 7.15. The van der Waals surface area contributed by atoms with Gasteiger partial charge in [0, 0.05) is 17.8 Å². The van der Waals surface area contributed by atoms with Gasteiger partial charge in [-0.2, -0.15) is 0 Å². The molecule has 25 heavy (non-hydrogen) atoms. The molecular formula is C20H28O5. The molecule has 0 spiro atoms. The highest BCUT2D eigenvalue weighted by atomic mass is 16.3. The van der Waals surface area contributed by atoms with Gasteiger partial charge in [0.15, 0.2) is 11.6 Å². The lowest BCUT2D eigenvalue weighted by Gasteiger charge is -2.50. The maximum absolute atomic E-state index is 12.0. The van der Waals surface area contributed by atoms with Gasteiger partial charge >= 0.3 is 0 Å². The topological polar surface area (TPSA) is 94.8 Å². The van der Waals surface area contributed by atoms with Crippen LogP contribution in [-0.4, -0.2) is 45.2 Å². The second-order valence-electron chi connectivity index (χ2n) is 8.10. The Morgan fingerprint density at radius 2 is 2.08 bits per heavy atom. The molecular weight excluding hydrogens is 320 g/mol. The molecule has 5 heteroatoms. The van der Waals surface area contributed by atoms with Gasteiger partial charge in [-0.3, -0.25) is 9.59 Å². The standard InChI is InChI=1S/C20H28O5/c1-3-12-8-14(22)6-7-19(12,2)16-9-13-4-5-15(18(24)11-21)20(13,25)10-17(16)23/h6-8,13,15-17,21,23,25H,3-5,9-11H2,1-2H3/t13?,15?,16?,17?,19?,20-/m1/s1. The molecule has 3 aliphatic carbocycles. The first-order valence-electron chi connectivity index (χ1n) is 9.24. The van der Waals surface area contributed by atoms with Crippen LogP contribution in [0.3, 0.4) is 0 Å². The molecule has 3 N–H and O–H groups in total. The van der Waals surface area contributed by atoms with Crippen molar-refractivity contribution in [1.82, 2.24) is 0 Å². The van der Waals surface area contributed by atoms with Crippen LogP contribution < -0.4 is 0 Å². The minimum Gasteiger partial charge on any atom is -0.393 e. The Morgan fingerprint density at radius 3 is 2.72 bits per heavy atom. The van der Waals surface area contributed by atoms with Gasteiger partial charge in [-0.1, -0.05) is 25.5 Å². The van der Waals surface area contributed by atoms with E-state index in [4.69, 9.17) is 0 Å². The van der Waals surface area contributed by atoms with Gasteiger partial charge in [0.25, 0.3) is 0 Å². The van der Waals surface area contributed by atoms with Gasteiger partial charge in [-0.25, -0.2) is 0 Å². The summed E-state index contributed by atoms with van der Waals surface area (Å²) in [6.45, 7) is 3.49. The van der Waals surface area contributed by atoms with Crippen molar-refractivity contribution in [1.29, 1.82) is 0 Å². The third-order valence-electron chi connectivity index (χ3n) is 6.95. The summed E-state index contributed by atoms with van der Waals surface area (Å²) in [4.78, 5) is 23.8. The fourth-order valence-electron chi connectivity index (χ4n) is 5.50. The summed E-state index contributed by atoms with van der Waals surface area (Å²) >= 11 is 0. The van der Waals surface area contributed by atoms with Crippen molar-refractivity contribution < 1.29 is 24.9 Å². The number of rotatable bonds is 4. The van der Waals surface area contributed by atoms with Gasteiger partial charge < -0.3 is 15.3 Å². The van der Waals surface area contributed by atoms with Gasteiger partial charge in [0.2, 0.25) is 0 Å². The number of carbonyl (C=O) groups excluding carboxylic acids is 2. The van der Waals surface area contributed by atoms with Crippen molar-refractivity contribution in [2.75, 3.05) is 6.61 Å². The second-order valence-corrected chi connectivity index (χ2v) is 8.10. The predicted molar refractivity (Wildman–Crippen MR) is 92.6 cm³/mol. The molecule has 3 rings (SSSR count). The maximum Gasteiger partial charge on any atom is 0.178 e. The minimum atomic E-state index is -1.23. The van der Waals surface area contributed by atoms with E-state index < -0.39 is 29.6 Å². The Balaban J connectivity index is 1.89. The summed E-state index contributed by atoms with van der Waals surface area (Å²) in [5.41, 5.74) is -0.630. The average Bonchev–Trinajstić information content (AvgIpc) is 2.91. The quantitative estimate of drug-likeness (QED) is 0.717. The van der Waals surface area contributed by atoms with Crippen molar-refractivity contribution in [3.8, 4) is 0 Å². The monoisotopic (exact) mass is 348 g/mol. The van der Waals surface area contributed by atoms with Gasteiger partial charge in [0.1, 0.15) is 6.61 Å². The smallest absolute Gasteiger partial charge is 0.178 e. The van der Waals surface area contributed by atoms with Crippen LogP contribution in [0, 0.1) is 23.2 Å². The number of Topliss-reactive ketones (excluding diaryl/α,β-unsaturated/α-hetero) is 1. The van der Waals surface area contributed by atoms with E-state index in [2.05, 4.69) is 6.92 Å². The van der Waals surface area contributed by atoms with E-state index in [1.54, 1.807) is 12.2 Å². The van der Waals surface area contributed by atoms with Crippen LogP contribution in [0.2, 0.25) is 0 Å². The highest BCUT2D eigenvalue weighted by Crippen LogP contribution is 2.56. The Morgan fingerprint density at radius 1 is 1.36 bits per heavy atom. The molecule has 5 nitrogen and oxygen atoms in total. The molecule has 0 aromatic rings. The number of aliphatic hydroxyl groups excluding tert-OH is 2. The maximum atomic E-state index is 12.0. The van der Waals surface area contributed by atoms with E-state index in [0.29, 0.717) is 12.8 Å². The lowest BCUT2D eigenvalue weighted by molar-refractivity contribution is -0.152. The molecule has 0 aliphatic heterocycles. The fraction of sp³-hybridized carbons (Fsp3) is 0.700. The number of aliphatic hydroxyl groups is 3. The number of hydrogen-bond donors (Lipinski definition) is 3. The SMILES string of the molecule is CCC1=CC(=O)C=CC1(C)C1CC2CCC(C(=O)CO)[C@@]2(O)CC1O. The molecule has 0 saturated heterocycles. The number of ketones is 2. The van der Waals surface area contributed by atoms with Crippen LogP contribution in [0.1, 0.15) is 46.0 Å². The van der Waals surface area contributed by atoms with Crippen molar-refractivity contribution in [2.24, 2.45) is 23.2 Å². The van der Waals surface area contributed by atoms with Crippen molar-refractivity contribution in [3.05, 3.63) is 23.8 Å². The number of hydrogen-bond acceptors (Lipinski definition) is 5. The minimum absolute atomic E-state index is 0.0226. The van der Waals surface area contributed by atoms with E-state index in [1.807, 2.05) is 13.0 Å². The third kappa shape index (κ3) is 2.82. The zero-order valence-electron chi connectivity index (χ0n) is 14.9. The molecule has 2 fully saturated rings. The van der Waals surface area contributed by atoms with E-state index in [-0.39, 0.29) is 29.8 Å². The Hall–Kier alpha value is -1.30. The van der Waals surface area contributed by atoms with Gasteiger partial charge in [0.05, 0.1) is 11.7 Å². The summed E-state index contributed by atoms with van der Waals surface area (Å²) in [7, 11) is 0. The third-order valence-corrected chi connectivity index (χ3v) is 6.95. The van der Waals surface area contributed by atoms with Crippen molar-refractivity contribution >= 4 is 11.6 Å². The van der Waals surface area contributed by atoms with Crippen molar-refractivity contribution in [3.63, 3.8) is 0 Å². The molecule has 0 bridgehead atoms. The lowest BCUT2D eigenvalue weighted by Crippen LogP contribution is -2.55.